The summed E-state index contributed by atoms with van der Waals surface area (Å²) < 4.78 is 1.67. The third-order valence-corrected chi connectivity index (χ3v) is 7.06. The quantitative estimate of drug-likeness (QED) is 0.308. The maximum atomic E-state index is 13.8. The molecule has 5 heteroatoms. The molecular weight excluding hydrogens is 444 g/mol. The molecule has 0 saturated heterocycles. The average Bonchev–Trinajstić information content (AvgIpc) is 2.91. The highest BCUT2D eigenvalue weighted by molar-refractivity contribution is 5.43. The average molecular weight is 483 g/mol. The van der Waals surface area contributed by atoms with Crippen LogP contribution in [0.1, 0.15) is 66.2 Å². The summed E-state index contributed by atoms with van der Waals surface area (Å²) in [5, 5.41) is 0. The second kappa shape index (κ2) is 12.1. The van der Waals surface area contributed by atoms with Crippen molar-refractivity contribution in [2.24, 2.45) is 5.73 Å². The Morgan fingerprint density at radius 2 is 1.78 bits per heavy atom. The van der Waals surface area contributed by atoms with E-state index in [-0.39, 0.29) is 11.6 Å². The predicted octanol–water partition coefficient (Wildman–Crippen LogP) is 5.46. The van der Waals surface area contributed by atoms with Gasteiger partial charge in [0, 0.05) is 31.3 Å². The molecule has 4 aromatic rings. The molecule has 2 aromatic heterocycles. The van der Waals surface area contributed by atoms with E-state index in [1.165, 1.54) is 16.7 Å². The van der Waals surface area contributed by atoms with Crippen molar-refractivity contribution in [2.75, 3.05) is 13.1 Å². The molecule has 5 nitrogen and oxygen atoms in total. The van der Waals surface area contributed by atoms with E-state index in [9.17, 15) is 4.79 Å². The van der Waals surface area contributed by atoms with Gasteiger partial charge < -0.3 is 5.73 Å². The number of fused-ring (bicyclic) bond motifs is 1. The fourth-order valence-electron chi connectivity index (χ4n) is 5.02. The van der Waals surface area contributed by atoms with Crippen molar-refractivity contribution in [1.82, 2.24) is 14.3 Å². The first-order valence-corrected chi connectivity index (χ1v) is 13.1. The number of benzene rings is 2. The van der Waals surface area contributed by atoms with Crippen molar-refractivity contribution in [3.8, 4) is 0 Å². The van der Waals surface area contributed by atoms with Gasteiger partial charge in [0.05, 0.1) is 11.7 Å². The Morgan fingerprint density at radius 1 is 1.00 bits per heavy atom. The molecule has 0 saturated carbocycles. The first kappa shape index (κ1) is 25.8. The number of aromatic nitrogens is 2. The molecule has 0 spiro atoms. The molecular formula is C31H38N4O. The molecule has 2 aromatic carbocycles. The van der Waals surface area contributed by atoms with Gasteiger partial charge in [-0.15, -0.1) is 0 Å². The zero-order valence-corrected chi connectivity index (χ0v) is 21.8. The van der Waals surface area contributed by atoms with E-state index in [4.69, 9.17) is 10.7 Å². The largest absolute Gasteiger partial charge is 0.330 e. The van der Waals surface area contributed by atoms with E-state index < -0.39 is 0 Å². The molecule has 0 radical (unpaired) electrons. The normalized spacial score (nSPS) is 12.4. The maximum Gasteiger partial charge on any atom is 0.261 e. The summed E-state index contributed by atoms with van der Waals surface area (Å²) in [7, 11) is 0. The first-order valence-electron chi connectivity index (χ1n) is 13.1. The molecule has 188 valence electrons. The van der Waals surface area contributed by atoms with Crippen molar-refractivity contribution in [3.63, 3.8) is 0 Å². The predicted molar refractivity (Wildman–Crippen MR) is 148 cm³/mol. The number of rotatable bonds is 11. The van der Waals surface area contributed by atoms with Crippen LogP contribution in [0.3, 0.4) is 0 Å². The number of aryl methyl sites for hydroxylation is 2. The van der Waals surface area contributed by atoms with E-state index in [0.29, 0.717) is 18.6 Å². The third kappa shape index (κ3) is 5.75. The summed E-state index contributed by atoms with van der Waals surface area (Å²) in [4.78, 5) is 21.4. The van der Waals surface area contributed by atoms with Crippen LogP contribution >= 0.6 is 0 Å². The molecule has 0 fully saturated rings. The van der Waals surface area contributed by atoms with Gasteiger partial charge in [-0.1, -0.05) is 68.4 Å². The topological polar surface area (TPSA) is 63.6 Å². The summed E-state index contributed by atoms with van der Waals surface area (Å²) in [6, 6.07) is 22.7. The molecule has 0 aliphatic rings. The lowest BCUT2D eigenvalue weighted by Crippen LogP contribution is -2.34. The molecule has 0 aliphatic heterocycles. The number of hydrogen-bond acceptors (Lipinski definition) is 4. The second-order valence-electron chi connectivity index (χ2n) is 9.52. The number of nitrogens with two attached hydrogens (primary N) is 1. The van der Waals surface area contributed by atoms with Gasteiger partial charge in [-0.25, -0.2) is 4.98 Å². The minimum Gasteiger partial charge on any atom is -0.330 e. The van der Waals surface area contributed by atoms with Crippen molar-refractivity contribution in [2.45, 2.75) is 59.0 Å². The molecule has 36 heavy (non-hydrogen) atoms. The van der Waals surface area contributed by atoms with Crippen molar-refractivity contribution < 1.29 is 0 Å². The van der Waals surface area contributed by atoms with Crippen LogP contribution in [0.25, 0.3) is 5.65 Å². The zero-order chi connectivity index (χ0) is 25.5. The number of hydrogen-bond donors (Lipinski definition) is 1. The van der Waals surface area contributed by atoms with Crippen LogP contribution in [0.4, 0.5) is 0 Å². The second-order valence-corrected chi connectivity index (χ2v) is 9.52. The maximum absolute atomic E-state index is 13.8. The van der Waals surface area contributed by atoms with Crippen molar-refractivity contribution in [3.05, 3.63) is 117 Å². The summed E-state index contributed by atoms with van der Waals surface area (Å²) in [6.45, 7) is 8.85. The fraction of sp³-hybridized carbons (Fsp3) is 0.355. The van der Waals surface area contributed by atoms with E-state index >= 15 is 0 Å². The van der Waals surface area contributed by atoms with E-state index in [1.807, 2.05) is 42.6 Å². The third-order valence-electron chi connectivity index (χ3n) is 7.06. The number of nitrogens with zero attached hydrogens (tertiary/aromatic N) is 3. The van der Waals surface area contributed by atoms with Gasteiger partial charge in [0.15, 0.2) is 0 Å². The Morgan fingerprint density at radius 3 is 2.47 bits per heavy atom. The minimum atomic E-state index is 0.0124. The van der Waals surface area contributed by atoms with E-state index in [2.05, 4.69) is 56.0 Å². The number of pyridine rings is 1. The van der Waals surface area contributed by atoms with Gasteiger partial charge in [0.1, 0.15) is 5.65 Å². The van der Waals surface area contributed by atoms with Crippen LogP contribution in [0.2, 0.25) is 0 Å². The van der Waals surface area contributed by atoms with Crippen LogP contribution in [0.15, 0.2) is 77.7 Å². The van der Waals surface area contributed by atoms with E-state index in [1.54, 1.807) is 4.40 Å². The van der Waals surface area contributed by atoms with Gasteiger partial charge >= 0.3 is 0 Å². The summed E-state index contributed by atoms with van der Waals surface area (Å²) in [5.41, 5.74) is 13.4. The molecule has 4 rings (SSSR count). The molecule has 0 bridgehead atoms. The summed E-state index contributed by atoms with van der Waals surface area (Å²) in [6.07, 6.45) is 5.15. The SMILES string of the molecule is CCc1ccc(CN(CCCN)C(CC)c2nc3ccccn3c(=O)c2Cc2ccccc2)c(C)c1. The smallest absolute Gasteiger partial charge is 0.261 e. The van der Waals surface area contributed by atoms with Crippen LogP contribution in [-0.4, -0.2) is 27.4 Å². The highest BCUT2D eigenvalue weighted by Crippen LogP contribution is 2.29. The van der Waals surface area contributed by atoms with Crippen molar-refractivity contribution in [1.29, 1.82) is 0 Å². The van der Waals surface area contributed by atoms with Crippen molar-refractivity contribution >= 4 is 5.65 Å². The van der Waals surface area contributed by atoms with Crippen LogP contribution in [0.5, 0.6) is 0 Å². The lowest BCUT2D eigenvalue weighted by atomic mass is 9.97. The molecule has 2 heterocycles. The lowest BCUT2D eigenvalue weighted by Gasteiger charge is -2.32. The Kier molecular flexibility index (Phi) is 8.68. The van der Waals surface area contributed by atoms with Gasteiger partial charge in [0.2, 0.25) is 0 Å². The van der Waals surface area contributed by atoms with Gasteiger partial charge in [-0.05, 0) is 67.1 Å². The van der Waals surface area contributed by atoms with Gasteiger partial charge in [0.25, 0.3) is 5.56 Å². The van der Waals surface area contributed by atoms with Crippen LogP contribution in [-0.2, 0) is 19.4 Å². The molecule has 0 amide bonds. The van der Waals surface area contributed by atoms with Crippen LogP contribution in [0, 0.1) is 6.92 Å². The fourth-order valence-corrected chi connectivity index (χ4v) is 5.02. The Hall–Kier alpha value is -3.28. The van der Waals surface area contributed by atoms with Gasteiger partial charge in [-0.3, -0.25) is 14.1 Å². The summed E-state index contributed by atoms with van der Waals surface area (Å²) in [5.74, 6) is 0. The van der Waals surface area contributed by atoms with E-state index in [0.717, 1.165) is 49.2 Å². The monoisotopic (exact) mass is 482 g/mol. The standard InChI is InChI=1S/C31H38N4O/c1-4-24-15-16-26(23(3)20-24)22-34(18-11-17-32)28(5-2)30-27(21-25-12-7-6-8-13-25)31(36)35-19-10-9-14-29(35)33-30/h6-10,12-16,19-20,28H,4-5,11,17-18,21-22,32H2,1-3H3. The molecule has 2 N–H and O–H groups in total. The van der Waals surface area contributed by atoms with Crippen LogP contribution < -0.4 is 11.3 Å². The first-order chi connectivity index (χ1) is 17.5. The Bertz CT molecular complexity index is 1350. The lowest BCUT2D eigenvalue weighted by molar-refractivity contribution is 0.177. The Balaban J connectivity index is 1.81. The molecule has 1 atom stereocenters. The molecule has 1 unspecified atom stereocenters. The Labute approximate surface area is 214 Å². The molecule has 0 aliphatic carbocycles. The summed E-state index contributed by atoms with van der Waals surface area (Å²) >= 11 is 0. The highest BCUT2D eigenvalue weighted by Gasteiger charge is 2.26. The highest BCUT2D eigenvalue weighted by atomic mass is 16.1. The zero-order valence-electron chi connectivity index (χ0n) is 21.8. The minimum absolute atomic E-state index is 0.0124. The van der Waals surface area contributed by atoms with Gasteiger partial charge in [-0.2, -0.15) is 0 Å².